The summed E-state index contributed by atoms with van der Waals surface area (Å²) in [6.07, 6.45) is 7.75. The minimum atomic E-state index is -0.794. The van der Waals surface area contributed by atoms with Gasteiger partial charge in [-0.1, -0.05) is 31.0 Å². The van der Waals surface area contributed by atoms with Gasteiger partial charge in [0, 0.05) is 36.1 Å². The number of aryl methyl sites for hydroxylation is 1. The van der Waals surface area contributed by atoms with E-state index in [9.17, 15) is 14.7 Å². The van der Waals surface area contributed by atoms with Crippen LogP contribution in [-0.4, -0.2) is 51.0 Å². The predicted molar refractivity (Wildman–Crippen MR) is 145 cm³/mol. The molecule has 38 heavy (non-hydrogen) atoms. The molecule has 0 spiro atoms. The van der Waals surface area contributed by atoms with E-state index in [0.717, 1.165) is 12.8 Å². The first-order valence-electron chi connectivity index (χ1n) is 12.8. The molecule has 0 saturated carbocycles. The number of aliphatic hydroxyl groups excluding tert-OH is 1. The van der Waals surface area contributed by atoms with Crippen molar-refractivity contribution in [3.8, 4) is 11.5 Å². The van der Waals surface area contributed by atoms with Crippen LogP contribution >= 0.6 is 11.6 Å². The lowest BCUT2D eigenvalue weighted by Gasteiger charge is -2.26. The summed E-state index contributed by atoms with van der Waals surface area (Å²) < 4.78 is 13.7. The van der Waals surface area contributed by atoms with E-state index < -0.39 is 17.7 Å². The molecule has 1 fully saturated rings. The molecule has 200 valence electrons. The number of likely N-dealkylation sites (tertiary alicyclic amines) is 1. The number of unbranched alkanes of at least 4 members (excludes halogenated alkanes) is 1. The summed E-state index contributed by atoms with van der Waals surface area (Å²) in [6, 6.07) is 11.1. The van der Waals surface area contributed by atoms with Crippen molar-refractivity contribution >= 4 is 29.1 Å². The van der Waals surface area contributed by atoms with Crippen LogP contribution < -0.4 is 9.47 Å². The van der Waals surface area contributed by atoms with Gasteiger partial charge in [-0.05, 0) is 61.7 Å². The average Bonchev–Trinajstić information content (AvgIpc) is 3.52. The van der Waals surface area contributed by atoms with E-state index in [2.05, 4.69) is 11.9 Å². The number of aromatic nitrogens is 2. The number of hydrogen-bond acceptors (Lipinski definition) is 6. The summed E-state index contributed by atoms with van der Waals surface area (Å²) in [4.78, 5) is 32.2. The molecule has 2 aromatic carbocycles. The van der Waals surface area contributed by atoms with Crippen LogP contribution in [0.5, 0.6) is 11.5 Å². The monoisotopic (exact) mass is 537 g/mol. The van der Waals surface area contributed by atoms with Crippen molar-refractivity contribution in [3.63, 3.8) is 0 Å². The molecule has 3 aromatic rings. The van der Waals surface area contributed by atoms with Gasteiger partial charge in [-0.15, -0.1) is 0 Å². The van der Waals surface area contributed by atoms with Crippen molar-refractivity contribution in [3.05, 3.63) is 82.9 Å². The standard InChI is InChI=1S/C29H32ClN3O5/c1-3-5-17-38-23-12-9-21(18-24(23)37-4-2)26-25(27(34)20-7-10-22(30)11-8-20)28(35)29(36)33(26)15-6-14-32-16-13-31-19-32/h7-13,16,18-19,26,34H,3-6,14-15,17H2,1-2H3/b27-25+. The Balaban J connectivity index is 1.75. The third kappa shape index (κ3) is 6.02. The third-order valence-corrected chi connectivity index (χ3v) is 6.62. The molecule has 0 radical (unpaired) electrons. The van der Waals surface area contributed by atoms with Crippen LogP contribution in [-0.2, 0) is 16.1 Å². The maximum atomic E-state index is 13.3. The van der Waals surface area contributed by atoms with Crippen LogP contribution in [0, 0.1) is 0 Å². The molecule has 1 aromatic heterocycles. The van der Waals surface area contributed by atoms with Crippen LogP contribution in [0.25, 0.3) is 5.76 Å². The number of amides is 1. The van der Waals surface area contributed by atoms with Gasteiger partial charge in [-0.25, -0.2) is 4.98 Å². The first-order valence-corrected chi connectivity index (χ1v) is 13.2. The highest BCUT2D eigenvalue weighted by Crippen LogP contribution is 2.42. The Hall–Kier alpha value is -3.78. The second kappa shape index (κ2) is 12.6. The van der Waals surface area contributed by atoms with Crippen molar-refractivity contribution in [2.75, 3.05) is 19.8 Å². The molecular weight excluding hydrogens is 506 g/mol. The topological polar surface area (TPSA) is 93.9 Å². The fourth-order valence-electron chi connectivity index (χ4n) is 4.47. The zero-order valence-electron chi connectivity index (χ0n) is 21.6. The number of ether oxygens (including phenoxy) is 2. The number of ketones is 1. The largest absolute Gasteiger partial charge is 0.507 e. The van der Waals surface area contributed by atoms with Gasteiger partial charge in [0.05, 0.1) is 31.2 Å². The lowest BCUT2D eigenvalue weighted by molar-refractivity contribution is -0.139. The van der Waals surface area contributed by atoms with Crippen molar-refractivity contribution in [2.45, 2.75) is 45.7 Å². The summed E-state index contributed by atoms with van der Waals surface area (Å²) in [5.41, 5.74) is 1.08. The number of benzene rings is 2. The molecule has 1 amide bonds. The zero-order valence-corrected chi connectivity index (χ0v) is 22.4. The van der Waals surface area contributed by atoms with Crippen LogP contribution in [0.15, 0.2) is 66.8 Å². The SMILES string of the molecule is CCCCOc1ccc(C2/C(=C(\O)c3ccc(Cl)cc3)C(=O)C(=O)N2CCCn2ccnc2)cc1OCC. The molecule has 4 rings (SSSR count). The summed E-state index contributed by atoms with van der Waals surface area (Å²) in [6.45, 7) is 5.88. The molecule has 0 aliphatic carbocycles. The Morgan fingerprint density at radius 2 is 1.82 bits per heavy atom. The smallest absolute Gasteiger partial charge is 0.295 e. The highest BCUT2D eigenvalue weighted by Gasteiger charge is 2.46. The van der Waals surface area contributed by atoms with E-state index >= 15 is 0 Å². The summed E-state index contributed by atoms with van der Waals surface area (Å²) in [5, 5.41) is 11.8. The first kappa shape index (κ1) is 27.3. The lowest BCUT2D eigenvalue weighted by atomic mass is 9.95. The molecular formula is C29H32ClN3O5. The fraction of sp³-hybridized carbons (Fsp3) is 0.345. The Morgan fingerprint density at radius 1 is 1.03 bits per heavy atom. The zero-order chi connectivity index (χ0) is 27.1. The normalized spacial score (nSPS) is 16.7. The van der Waals surface area contributed by atoms with Gasteiger partial charge in [-0.2, -0.15) is 0 Å². The summed E-state index contributed by atoms with van der Waals surface area (Å²) in [5.74, 6) is -0.512. The van der Waals surface area contributed by atoms with E-state index in [1.807, 2.05) is 23.8 Å². The molecule has 1 aliphatic rings. The second-order valence-electron chi connectivity index (χ2n) is 8.99. The quantitative estimate of drug-likeness (QED) is 0.139. The Bertz CT molecular complexity index is 1290. The average molecular weight is 538 g/mol. The molecule has 2 heterocycles. The van der Waals surface area contributed by atoms with Gasteiger partial charge in [0.2, 0.25) is 0 Å². The maximum absolute atomic E-state index is 13.3. The van der Waals surface area contributed by atoms with Gasteiger partial charge in [0.15, 0.2) is 11.5 Å². The molecule has 1 saturated heterocycles. The number of Topliss-reactive ketones (excluding diaryl/α,β-unsaturated/α-hetero) is 1. The van der Waals surface area contributed by atoms with Gasteiger partial charge in [-0.3, -0.25) is 9.59 Å². The number of rotatable bonds is 12. The van der Waals surface area contributed by atoms with Crippen molar-refractivity contribution in [1.29, 1.82) is 0 Å². The Labute approximate surface area is 227 Å². The van der Waals surface area contributed by atoms with E-state index in [1.54, 1.807) is 48.9 Å². The van der Waals surface area contributed by atoms with Crippen molar-refractivity contribution in [1.82, 2.24) is 14.5 Å². The third-order valence-electron chi connectivity index (χ3n) is 6.37. The molecule has 9 heteroatoms. The number of carbonyl (C=O) groups excluding carboxylic acids is 2. The van der Waals surface area contributed by atoms with Gasteiger partial charge in [0.25, 0.3) is 11.7 Å². The molecule has 1 unspecified atom stereocenters. The van der Waals surface area contributed by atoms with Crippen molar-refractivity contribution < 1.29 is 24.2 Å². The summed E-state index contributed by atoms with van der Waals surface area (Å²) >= 11 is 6.02. The number of aliphatic hydroxyl groups is 1. The van der Waals surface area contributed by atoms with Crippen LogP contribution in [0.4, 0.5) is 0 Å². The summed E-state index contributed by atoms with van der Waals surface area (Å²) in [7, 11) is 0. The van der Waals surface area contributed by atoms with Gasteiger partial charge in [0.1, 0.15) is 5.76 Å². The minimum Gasteiger partial charge on any atom is -0.507 e. The van der Waals surface area contributed by atoms with Crippen LogP contribution in [0.3, 0.4) is 0 Å². The molecule has 0 bridgehead atoms. The molecule has 1 N–H and O–H groups in total. The molecule has 1 atom stereocenters. The number of nitrogens with zero attached hydrogens (tertiary/aromatic N) is 3. The Kier molecular flexibility index (Phi) is 9.07. The van der Waals surface area contributed by atoms with Crippen molar-refractivity contribution in [2.24, 2.45) is 0 Å². The van der Waals surface area contributed by atoms with E-state index in [0.29, 0.717) is 60.4 Å². The van der Waals surface area contributed by atoms with E-state index in [-0.39, 0.29) is 11.3 Å². The second-order valence-corrected chi connectivity index (χ2v) is 9.43. The highest BCUT2D eigenvalue weighted by molar-refractivity contribution is 6.46. The number of imidazole rings is 1. The minimum absolute atomic E-state index is 0.0297. The number of halogens is 1. The maximum Gasteiger partial charge on any atom is 0.295 e. The van der Waals surface area contributed by atoms with Gasteiger partial charge >= 0.3 is 0 Å². The first-order chi connectivity index (χ1) is 18.4. The fourth-order valence-corrected chi connectivity index (χ4v) is 4.60. The molecule has 8 nitrogen and oxygen atoms in total. The highest BCUT2D eigenvalue weighted by atomic mass is 35.5. The number of carbonyl (C=O) groups is 2. The van der Waals surface area contributed by atoms with Crippen LogP contribution in [0.1, 0.15) is 50.3 Å². The van der Waals surface area contributed by atoms with E-state index in [4.69, 9.17) is 21.1 Å². The molecule has 1 aliphatic heterocycles. The van der Waals surface area contributed by atoms with Crippen LogP contribution in [0.2, 0.25) is 5.02 Å². The van der Waals surface area contributed by atoms with Gasteiger partial charge < -0.3 is 24.0 Å². The lowest BCUT2D eigenvalue weighted by Crippen LogP contribution is -2.31. The van der Waals surface area contributed by atoms with E-state index in [1.165, 1.54) is 4.90 Å². The Morgan fingerprint density at radius 3 is 2.50 bits per heavy atom. The number of hydrogen-bond donors (Lipinski definition) is 1. The predicted octanol–water partition coefficient (Wildman–Crippen LogP) is 5.63.